The summed E-state index contributed by atoms with van der Waals surface area (Å²) in [5, 5.41) is 0. The molecule has 0 atom stereocenters. The Morgan fingerprint density at radius 2 is 0.490 bits per heavy atom. The van der Waals surface area contributed by atoms with Crippen molar-refractivity contribution in [2.24, 2.45) is 0 Å². The molecule has 5 rings (SSSR count). The number of unbranched alkanes of at least 4 members (excludes halogenated alkanes) is 9. The second kappa shape index (κ2) is 20.7. The first-order chi connectivity index (χ1) is 24.7. The van der Waals surface area contributed by atoms with Gasteiger partial charge in [-0.25, -0.2) is 56.2 Å². The summed E-state index contributed by atoms with van der Waals surface area (Å²) < 4.78 is 7.22. The van der Waals surface area contributed by atoms with Gasteiger partial charge in [-0.3, -0.25) is 14.7 Å². The van der Waals surface area contributed by atoms with Gasteiger partial charge in [0.15, 0.2) is 0 Å². The van der Waals surface area contributed by atoms with E-state index in [9.17, 15) is 28.8 Å². The van der Waals surface area contributed by atoms with Crippen LogP contribution in [0, 0.1) is 0 Å². The summed E-state index contributed by atoms with van der Waals surface area (Å²) in [6.07, 6.45) is 12.1. The predicted molar refractivity (Wildman–Crippen MR) is 200 cm³/mol. The average Bonchev–Trinajstić information content (AvgIpc) is 3.11. The Hall–Kier alpha value is -3.30. The van der Waals surface area contributed by atoms with Gasteiger partial charge >= 0.3 is 34.1 Å². The highest BCUT2D eigenvalue weighted by Crippen LogP contribution is 2.05. The lowest BCUT2D eigenvalue weighted by Crippen LogP contribution is -2.58. The van der Waals surface area contributed by atoms with Crippen LogP contribution in [-0.2, 0) is 39.3 Å². The topological polar surface area (TPSA) is 142 Å². The Morgan fingerprint density at radius 3 is 0.667 bits per heavy atom. The van der Waals surface area contributed by atoms with E-state index in [1.807, 2.05) is 0 Å². The first kappa shape index (κ1) is 40.5. The summed E-state index contributed by atoms with van der Waals surface area (Å²) in [4.78, 5) is 90.0. The fourth-order valence-corrected chi connectivity index (χ4v) is 7.25. The quantitative estimate of drug-likeness (QED) is 0.247. The van der Waals surface area contributed by atoms with Crippen molar-refractivity contribution in [1.29, 1.82) is 0 Å². The molecule has 288 valence electrons. The van der Waals surface area contributed by atoms with Gasteiger partial charge in [-0.1, -0.05) is 78.6 Å². The minimum atomic E-state index is -0.608. The summed E-state index contributed by atoms with van der Waals surface area (Å²) in [5.41, 5.74) is -3.65. The van der Waals surface area contributed by atoms with E-state index in [4.69, 9.17) is 0 Å². The number of hydrogen-bond donors (Lipinski definition) is 0. The molecule has 0 unspecified atom stereocenters. The second-order valence-electron chi connectivity index (χ2n) is 14.3. The van der Waals surface area contributed by atoms with Gasteiger partial charge < -0.3 is 0 Å². The van der Waals surface area contributed by atoms with Crippen molar-refractivity contribution in [1.82, 2.24) is 42.1 Å². The summed E-state index contributed by atoms with van der Waals surface area (Å²) in [6.45, 7) is 10.8. The van der Waals surface area contributed by atoms with Crippen LogP contribution in [0.5, 0.6) is 0 Å². The molecule has 0 radical (unpaired) electrons. The highest BCUT2D eigenvalue weighted by atomic mass is 16.2. The molecule has 6 bridgehead atoms. The van der Waals surface area contributed by atoms with E-state index in [1.54, 1.807) is 0 Å². The Morgan fingerprint density at radius 1 is 0.294 bits per heavy atom. The van der Waals surface area contributed by atoms with E-state index < -0.39 is 34.1 Å². The molecule has 3 aliphatic rings. The van der Waals surface area contributed by atoms with Crippen LogP contribution in [0.4, 0.5) is 0 Å². The maximum absolute atomic E-state index is 14.0. The van der Waals surface area contributed by atoms with Gasteiger partial charge in [0.05, 0.1) is 0 Å². The SMILES string of the molecule is CCCCCCN1CCn2c(=O)n3c(=O)n(c2=O)CCN(CCCCCC)CCn2c(=O)n(c(=O)n(c2=O)CCN(CCCCCC)CC3)CC1. The molecule has 0 aromatic carbocycles. The van der Waals surface area contributed by atoms with E-state index in [1.165, 1.54) is 27.4 Å². The van der Waals surface area contributed by atoms with Crippen LogP contribution in [0.3, 0.4) is 0 Å². The summed E-state index contributed by atoms with van der Waals surface area (Å²) >= 11 is 0. The number of rotatable bonds is 15. The molecule has 3 aliphatic heterocycles. The van der Waals surface area contributed by atoms with Crippen LogP contribution in [0.1, 0.15) is 97.8 Å². The van der Waals surface area contributed by atoms with Gasteiger partial charge in [0.1, 0.15) is 0 Å². The summed E-state index contributed by atoms with van der Waals surface area (Å²) in [6, 6.07) is 0. The third-order valence-corrected chi connectivity index (χ3v) is 10.6. The summed E-state index contributed by atoms with van der Waals surface area (Å²) in [7, 11) is 0. The fourth-order valence-electron chi connectivity index (χ4n) is 7.25. The van der Waals surface area contributed by atoms with Crippen LogP contribution in [0.2, 0.25) is 0 Å². The van der Waals surface area contributed by atoms with E-state index in [0.29, 0.717) is 58.9 Å². The van der Waals surface area contributed by atoms with Crippen molar-refractivity contribution in [3.05, 3.63) is 62.9 Å². The van der Waals surface area contributed by atoms with Crippen molar-refractivity contribution in [2.45, 2.75) is 137 Å². The zero-order valence-corrected chi connectivity index (χ0v) is 31.6. The smallest absolute Gasteiger partial charge is 0.300 e. The third-order valence-electron chi connectivity index (χ3n) is 10.6. The van der Waals surface area contributed by atoms with Gasteiger partial charge in [0.2, 0.25) is 0 Å². The van der Waals surface area contributed by atoms with Crippen molar-refractivity contribution < 1.29 is 0 Å². The molecule has 2 aromatic heterocycles. The van der Waals surface area contributed by atoms with Crippen LogP contribution in [0.25, 0.3) is 0 Å². The first-order valence-corrected chi connectivity index (χ1v) is 19.8. The average molecular weight is 718 g/mol. The Balaban J connectivity index is 1.87. The van der Waals surface area contributed by atoms with Gasteiger partial charge in [-0.15, -0.1) is 0 Å². The Labute approximate surface area is 300 Å². The van der Waals surface area contributed by atoms with E-state index in [-0.39, 0.29) is 39.3 Å². The van der Waals surface area contributed by atoms with Crippen molar-refractivity contribution in [2.75, 3.05) is 58.9 Å². The molecule has 51 heavy (non-hydrogen) atoms. The molecule has 2 aromatic rings. The molecule has 0 N–H and O–H groups in total. The van der Waals surface area contributed by atoms with Crippen molar-refractivity contribution in [3.8, 4) is 0 Å². The number of aromatic nitrogens is 6. The summed E-state index contributed by atoms with van der Waals surface area (Å²) in [5.74, 6) is 0. The highest BCUT2D eigenvalue weighted by molar-refractivity contribution is 4.84. The van der Waals surface area contributed by atoms with Crippen LogP contribution in [-0.4, -0.2) is 101 Å². The zero-order chi connectivity index (χ0) is 36.8. The largest absolute Gasteiger partial charge is 0.336 e. The molecule has 0 aliphatic carbocycles. The van der Waals surface area contributed by atoms with Crippen molar-refractivity contribution >= 4 is 0 Å². The van der Waals surface area contributed by atoms with Gasteiger partial charge in [-0.05, 0) is 38.9 Å². The zero-order valence-electron chi connectivity index (χ0n) is 31.6. The minimum Gasteiger partial charge on any atom is -0.300 e. The van der Waals surface area contributed by atoms with Crippen LogP contribution < -0.4 is 34.1 Å². The lowest BCUT2D eigenvalue weighted by molar-refractivity contribution is 0.208. The molecule has 5 heterocycles. The van der Waals surface area contributed by atoms with E-state index in [2.05, 4.69) is 35.5 Å². The van der Waals surface area contributed by atoms with Crippen molar-refractivity contribution in [3.63, 3.8) is 0 Å². The number of fused-ring (bicyclic) bond motifs is 12. The Bertz CT molecular complexity index is 1380. The molecule has 0 fully saturated rings. The molecule has 0 amide bonds. The monoisotopic (exact) mass is 717 g/mol. The maximum Gasteiger partial charge on any atom is 0.336 e. The molecule has 0 spiro atoms. The van der Waals surface area contributed by atoms with E-state index in [0.717, 1.165) is 77.0 Å². The van der Waals surface area contributed by atoms with Gasteiger partial charge in [-0.2, -0.15) is 0 Å². The number of nitrogens with zero attached hydrogens (tertiary/aromatic N) is 9. The molecule has 0 saturated carbocycles. The normalized spacial score (nSPS) is 17.0. The molecule has 0 saturated heterocycles. The molecular weight excluding hydrogens is 654 g/mol. The highest BCUT2D eigenvalue weighted by Gasteiger charge is 2.22. The van der Waals surface area contributed by atoms with Crippen LogP contribution >= 0.6 is 0 Å². The molecule has 15 heteroatoms. The predicted octanol–water partition coefficient (Wildman–Crippen LogP) is 1.03. The Kier molecular flexibility index (Phi) is 16.4. The lowest BCUT2D eigenvalue weighted by atomic mass is 10.2. The molecule has 15 nitrogen and oxygen atoms in total. The van der Waals surface area contributed by atoms with E-state index >= 15 is 0 Å². The third kappa shape index (κ3) is 10.9. The van der Waals surface area contributed by atoms with Gasteiger partial charge in [0.25, 0.3) is 0 Å². The fraction of sp³-hybridized carbons (Fsp3) is 0.833. The van der Waals surface area contributed by atoms with Gasteiger partial charge in [0, 0.05) is 78.5 Å². The first-order valence-electron chi connectivity index (χ1n) is 19.8. The number of hydrogen-bond acceptors (Lipinski definition) is 9. The maximum atomic E-state index is 14.0. The van der Waals surface area contributed by atoms with Crippen LogP contribution in [0.15, 0.2) is 28.8 Å². The standard InChI is InChI=1S/C36H63N9O6/c1-4-7-10-13-16-37-19-25-40-31(46)42-27-21-38(17-14-11-8-5-2)22-28-43-32(47)41(26-20-37)34(49)45(36(43)51)30-24-39(18-15-12-9-6-3)23-29-44(33(40)48)35(42)50/h4-30H2,1-3H3. The minimum absolute atomic E-state index is 0.0752. The lowest BCUT2D eigenvalue weighted by Gasteiger charge is -2.27. The second-order valence-corrected chi connectivity index (χ2v) is 14.3. The molecular formula is C36H63N9O6.